The summed E-state index contributed by atoms with van der Waals surface area (Å²) in [6.07, 6.45) is 24.5. The van der Waals surface area contributed by atoms with Crippen LogP contribution in [0.3, 0.4) is 0 Å². The zero-order valence-corrected chi connectivity index (χ0v) is 37.6. The highest BCUT2D eigenvalue weighted by Crippen LogP contribution is 2.26. The van der Waals surface area contributed by atoms with Crippen LogP contribution in [0.2, 0.25) is 0 Å². The average molecular weight is 883 g/mol. The quantitative estimate of drug-likeness (QED) is 0.0228. The molecule has 0 aromatic carbocycles. The maximum Gasteiger partial charge on any atom is 0.306 e. The molecule has 2 aliphatic rings. The Kier molecular flexibility index (Phi) is 32.4. The second-order valence-electron chi connectivity index (χ2n) is 16.2. The van der Waals surface area contributed by atoms with Crippen molar-refractivity contribution in [2.75, 3.05) is 33.0 Å². The van der Waals surface area contributed by atoms with Gasteiger partial charge in [-0.25, -0.2) is 0 Å². The maximum absolute atomic E-state index is 12.9. The summed E-state index contributed by atoms with van der Waals surface area (Å²) in [6, 6.07) is 0. The maximum atomic E-state index is 12.9. The van der Waals surface area contributed by atoms with Crippen LogP contribution in [0.5, 0.6) is 0 Å². The van der Waals surface area contributed by atoms with Gasteiger partial charge in [-0.2, -0.15) is 0 Å². The standard InChI is InChI=1S/C48H82O14/c1-3-5-7-9-11-13-14-15-16-17-18-19-20-21-22-23-24-26-28-30-32-57-34-37(60-40(50)31-29-27-25-12-10-8-6-4-2)35-58-47-46(56)44(54)42(52)39(62-47)36-59-48-45(55)43(53)41(51)38(33-49)61-48/h5,7,11,13,15-16,18-19,21-22,37-39,41-49,51-56H,3-4,6,8-10,12,14,17,20,23-36H2,1-2H3/b7-5-,13-11-,16-15-,19-18-,22-21-. The highest BCUT2D eigenvalue weighted by molar-refractivity contribution is 5.69. The molecule has 0 aromatic heterocycles. The highest BCUT2D eigenvalue weighted by Gasteiger charge is 2.47. The van der Waals surface area contributed by atoms with Gasteiger partial charge in [-0.05, 0) is 57.8 Å². The number of ether oxygens (including phenoxy) is 6. The summed E-state index contributed by atoms with van der Waals surface area (Å²) in [4.78, 5) is 12.9. The molecule has 11 atom stereocenters. The molecule has 0 spiro atoms. The Bertz CT molecular complexity index is 1250. The summed E-state index contributed by atoms with van der Waals surface area (Å²) in [7, 11) is 0. The number of hydrogen-bond donors (Lipinski definition) is 7. The molecule has 2 fully saturated rings. The van der Waals surface area contributed by atoms with Gasteiger partial charge in [0.2, 0.25) is 0 Å². The third kappa shape index (κ3) is 24.1. The summed E-state index contributed by atoms with van der Waals surface area (Å²) >= 11 is 0. The van der Waals surface area contributed by atoms with Crippen molar-refractivity contribution in [2.45, 2.75) is 203 Å². The van der Waals surface area contributed by atoms with E-state index in [1.807, 2.05) is 0 Å². The molecule has 2 heterocycles. The van der Waals surface area contributed by atoms with Crippen molar-refractivity contribution in [3.8, 4) is 0 Å². The van der Waals surface area contributed by atoms with Crippen LogP contribution in [0, 0.1) is 0 Å². The van der Waals surface area contributed by atoms with E-state index in [2.05, 4.69) is 74.6 Å². The van der Waals surface area contributed by atoms with E-state index in [4.69, 9.17) is 28.4 Å². The lowest BCUT2D eigenvalue weighted by atomic mass is 9.98. The minimum atomic E-state index is -1.71. The lowest BCUT2D eigenvalue weighted by Crippen LogP contribution is -2.61. The number of unbranched alkanes of at least 4 members (excludes halogenated alkanes) is 11. The predicted octanol–water partition coefficient (Wildman–Crippen LogP) is 5.79. The number of aliphatic hydroxyl groups excluding tert-OH is 7. The van der Waals surface area contributed by atoms with Crippen LogP contribution in [0.25, 0.3) is 0 Å². The number of esters is 1. The number of carbonyl (C=O) groups excluding carboxylic acids is 1. The van der Waals surface area contributed by atoms with Gasteiger partial charge in [-0.15, -0.1) is 0 Å². The van der Waals surface area contributed by atoms with Crippen LogP contribution in [-0.4, -0.2) is 142 Å². The second kappa shape index (κ2) is 36.0. The molecule has 7 N–H and O–H groups in total. The molecule has 2 saturated heterocycles. The van der Waals surface area contributed by atoms with Crippen molar-refractivity contribution in [2.24, 2.45) is 0 Å². The molecule has 0 bridgehead atoms. The van der Waals surface area contributed by atoms with Gasteiger partial charge in [0.25, 0.3) is 0 Å². The number of aliphatic hydroxyl groups is 7. The van der Waals surface area contributed by atoms with Crippen molar-refractivity contribution < 1.29 is 69.0 Å². The van der Waals surface area contributed by atoms with Crippen LogP contribution in [0.15, 0.2) is 60.8 Å². The first kappa shape index (κ1) is 55.8. The molecule has 0 radical (unpaired) electrons. The number of allylic oxidation sites excluding steroid dienone is 10. The highest BCUT2D eigenvalue weighted by atomic mass is 16.7. The fraction of sp³-hybridized carbons (Fsp3) is 0.771. The first-order chi connectivity index (χ1) is 30.1. The summed E-state index contributed by atoms with van der Waals surface area (Å²) < 4.78 is 34.1. The zero-order chi connectivity index (χ0) is 45.2. The summed E-state index contributed by atoms with van der Waals surface area (Å²) in [5.41, 5.74) is 0. The Morgan fingerprint density at radius 1 is 0.548 bits per heavy atom. The molecule has 14 heteroatoms. The van der Waals surface area contributed by atoms with E-state index in [0.717, 1.165) is 83.5 Å². The van der Waals surface area contributed by atoms with E-state index in [9.17, 15) is 40.5 Å². The molecule has 11 unspecified atom stereocenters. The lowest BCUT2D eigenvalue weighted by molar-refractivity contribution is -0.332. The molecule has 0 saturated carbocycles. The van der Waals surface area contributed by atoms with E-state index in [-0.39, 0.29) is 19.6 Å². The fourth-order valence-electron chi connectivity index (χ4n) is 6.96. The Labute approximate surface area is 371 Å². The van der Waals surface area contributed by atoms with Crippen LogP contribution in [-0.2, 0) is 33.2 Å². The molecular weight excluding hydrogens is 801 g/mol. The molecule has 2 aliphatic heterocycles. The van der Waals surface area contributed by atoms with Gasteiger partial charge in [-0.3, -0.25) is 4.79 Å². The van der Waals surface area contributed by atoms with Crippen LogP contribution in [0.4, 0.5) is 0 Å². The third-order valence-corrected chi connectivity index (χ3v) is 10.8. The van der Waals surface area contributed by atoms with Gasteiger partial charge in [0, 0.05) is 13.0 Å². The molecule has 2 rings (SSSR count). The third-order valence-electron chi connectivity index (χ3n) is 10.8. The van der Waals surface area contributed by atoms with Crippen molar-refractivity contribution in [3.63, 3.8) is 0 Å². The molecule has 0 aromatic rings. The Hall–Kier alpha value is -2.31. The van der Waals surface area contributed by atoms with Crippen molar-refractivity contribution in [3.05, 3.63) is 60.8 Å². The lowest BCUT2D eigenvalue weighted by Gasteiger charge is -2.42. The fourth-order valence-corrected chi connectivity index (χ4v) is 6.96. The minimum absolute atomic E-state index is 0.0425. The number of rotatable bonds is 35. The molecule has 14 nitrogen and oxygen atoms in total. The van der Waals surface area contributed by atoms with Gasteiger partial charge < -0.3 is 64.2 Å². The zero-order valence-electron chi connectivity index (χ0n) is 37.6. The smallest absolute Gasteiger partial charge is 0.306 e. The van der Waals surface area contributed by atoms with Crippen molar-refractivity contribution in [1.82, 2.24) is 0 Å². The number of carbonyl (C=O) groups is 1. The summed E-state index contributed by atoms with van der Waals surface area (Å²) in [5.74, 6) is -0.394. The first-order valence-electron chi connectivity index (χ1n) is 23.4. The molecule has 0 amide bonds. The van der Waals surface area contributed by atoms with Crippen molar-refractivity contribution in [1.29, 1.82) is 0 Å². The van der Waals surface area contributed by atoms with Gasteiger partial charge in [0.05, 0.1) is 26.4 Å². The molecule has 0 aliphatic carbocycles. The predicted molar refractivity (Wildman–Crippen MR) is 238 cm³/mol. The van der Waals surface area contributed by atoms with Gasteiger partial charge in [0.15, 0.2) is 12.6 Å². The van der Waals surface area contributed by atoms with E-state index in [0.29, 0.717) is 13.0 Å². The Morgan fingerprint density at radius 2 is 1.05 bits per heavy atom. The average Bonchev–Trinajstić information content (AvgIpc) is 3.27. The Balaban J connectivity index is 1.77. The molecule has 358 valence electrons. The van der Waals surface area contributed by atoms with Gasteiger partial charge in [-0.1, -0.05) is 132 Å². The van der Waals surface area contributed by atoms with Crippen LogP contribution >= 0.6 is 0 Å². The minimum Gasteiger partial charge on any atom is -0.457 e. The number of hydrogen-bond acceptors (Lipinski definition) is 14. The summed E-state index contributed by atoms with van der Waals surface area (Å²) in [6.45, 7) is 3.44. The molecular formula is C48H82O14. The first-order valence-corrected chi connectivity index (χ1v) is 23.4. The Morgan fingerprint density at radius 3 is 1.65 bits per heavy atom. The monoisotopic (exact) mass is 883 g/mol. The second-order valence-corrected chi connectivity index (χ2v) is 16.2. The van der Waals surface area contributed by atoms with Crippen LogP contribution < -0.4 is 0 Å². The topological polar surface area (TPSA) is 214 Å². The van der Waals surface area contributed by atoms with Gasteiger partial charge >= 0.3 is 5.97 Å². The van der Waals surface area contributed by atoms with Crippen molar-refractivity contribution >= 4 is 5.97 Å². The molecule has 62 heavy (non-hydrogen) atoms. The largest absolute Gasteiger partial charge is 0.457 e. The van der Waals surface area contributed by atoms with Gasteiger partial charge in [0.1, 0.15) is 54.9 Å². The van der Waals surface area contributed by atoms with E-state index < -0.39 is 86.7 Å². The summed E-state index contributed by atoms with van der Waals surface area (Å²) in [5, 5.41) is 71.8. The van der Waals surface area contributed by atoms with E-state index in [1.165, 1.54) is 25.7 Å². The van der Waals surface area contributed by atoms with Crippen LogP contribution in [0.1, 0.15) is 136 Å². The van der Waals surface area contributed by atoms with E-state index >= 15 is 0 Å². The SMILES string of the molecule is CC/C=C\C/C=C\C/C=C\C/C=C\C/C=C\CCCCCCOCC(COC1OC(COC2OC(CO)C(O)C(O)C2O)C(O)C(O)C1O)OC(=O)CCCCCCCCCC. The normalized spacial score (nSPS) is 27.8. The van der Waals surface area contributed by atoms with E-state index in [1.54, 1.807) is 0 Å².